The molecular formula is C56H71ClF3N7O5S3. The number of morpholine rings is 1. The van der Waals surface area contributed by atoms with E-state index in [0.717, 1.165) is 131 Å². The Kier molecular flexibility index (Phi) is 19.7. The quantitative estimate of drug-likeness (QED) is 0.0648. The van der Waals surface area contributed by atoms with Crippen LogP contribution in [0.2, 0.25) is 5.02 Å². The molecule has 0 bridgehead atoms. The molecule has 3 heterocycles. The molecule has 12 nitrogen and oxygen atoms in total. The number of ether oxygens (including phenoxy) is 1. The number of nitrogens with zero attached hydrogens (tertiary/aromatic N) is 5. The molecule has 2 amide bonds. The highest BCUT2D eigenvalue weighted by atomic mass is 35.5. The second kappa shape index (κ2) is 25.9. The normalized spacial score (nSPS) is 21.0. The van der Waals surface area contributed by atoms with Crippen LogP contribution in [0, 0.1) is 5.41 Å². The van der Waals surface area contributed by atoms with Gasteiger partial charge >= 0.3 is 5.51 Å². The molecule has 1 aliphatic carbocycles. The third kappa shape index (κ3) is 15.3. The van der Waals surface area contributed by atoms with Crippen molar-refractivity contribution in [3.8, 4) is 0 Å². The van der Waals surface area contributed by atoms with Gasteiger partial charge in [-0.2, -0.15) is 13.2 Å². The molecule has 0 spiro atoms. The molecule has 3 atom stereocenters. The Morgan fingerprint density at radius 3 is 2.28 bits per heavy atom. The van der Waals surface area contributed by atoms with E-state index in [1.165, 1.54) is 40.6 Å². The van der Waals surface area contributed by atoms with Gasteiger partial charge in [-0.05, 0) is 134 Å². The molecule has 3 saturated heterocycles. The van der Waals surface area contributed by atoms with Gasteiger partial charge in [0.1, 0.15) is 4.90 Å². The lowest BCUT2D eigenvalue weighted by molar-refractivity contribution is -0.134. The average molecular weight is 1110 g/mol. The summed E-state index contributed by atoms with van der Waals surface area (Å²) in [6.45, 7) is 17.7. The van der Waals surface area contributed by atoms with Crippen molar-refractivity contribution in [3.05, 3.63) is 119 Å². The Morgan fingerprint density at radius 2 is 1.60 bits per heavy atom. The maximum atomic E-state index is 14.2. The Balaban J connectivity index is 0.879. The van der Waals surface area contributed by atoms with E-state index >= 15 is 0 Å². The van der Waals surface area contributed by atoms with E-state index in [4.69, 9.17) is 16.3 Å². The summed E-state index contributed by atoms with van der Waals surface area (Å²) in [5.41, 5.74) is -0.149. The van der Waals surface area contributed by atoms with Crippen molar-refractivity contribution in [2.45, 2.75) is 91.6 Å². The lowest BCUT2D eigenvalue weighted by Gasteiger charge is -2.46. The van der Waals surface area contributed by atoms with Crippen LogP contribution in [0.5, 0.6) is 0 Å². The van der Waals surface area contributed by atoms with Crippen LogP contribution in [0.25, 0.3) is 5.57 Å². The van der Waals surface area contributed by atoms with Gasteiger partial charge in [-0.15, -0.1) is 11.8 Å². The number of amides is 2. The van der Waals surface area contributed by atoms with Crippen molar-refractivity contribution in [3.63, 3.8) is 0 Å². The molecule has 4 aliphatic rings. The molecule has 0 saturated carbocycles. The summed E-state index contributed by atoms with van der Waals surface area (Å²) in [4.78, 5) is 38.1. The molecule has 3 aliphatic heterocycles. The zero-order chi connectivity index (χ0) is 53.2. The number of nitrogens with one attached hydrogen (secondary N) is 2. The van der Waals surface area contributed by atoms with Crippen molar-refractivity contribution in [1.29, 1.82) is 0 Å². The number of anilines is 2. The highest BCUT2D eigenvalue weighted by Gasteiger charge is 2.48. The number of carbonyl (C=O) groups is 2. The number of piperazine rings is 2. The monoisotopic (exact) mass is 1110 g/mol. The van der Waals surface area contributed by atoms with Crippen LogP contribution in [-0.2, 0) is 19.4 Å². The number of sulfone groups is 1. The van der Waals surface area contributed by atoms with E-state index in [9.17, 15) is 31.2 Å². The van der Waals surface area contributed by atoms with E-state index in [0.29, 0.717) is 50.0 Å². The molecule has 3 fully saturated rings. The fraction of sp³-hybridized carbons (Fsp3) is 0.500. The molecule has 19 heteroatoms. The van der Waals surface area contributed by atoms with Crippen molar-refractivity contribution >= 4 is 73.9 Å². The van der Waals surface area contributed by atoms with E-state index in [-0.39, 0.29) is 27.9 Å². The second-order valence-electron chi connectivity index (χ2n) is 20.6. The molecule has 406 valence electrons. The maximum absolute atomic E-state index is 14.2. The first-order valence-corrected chi connectivity index (χ1v) is 29.9. The SMILES string of the molecule is CCCC(=O)N1CCN(CC2(C)CCC(c3ccc(Cl)cc3)=C(CN3CCN(c4ccc(C(=O)NSc5ccc(N[C@H](CCN6CCOCC6)CSc6ccccc6)c(S(=O)(=O)C(F)(F)F)c5)cc4)CC3)C2)[C@H](C)C1. The van der Waals surface area contributed by atoms with Gasteiger partial charge < -0.3 is 19.9 Å². The molecular weight excluding hydrogens is 1040 g/mol. The molecule has 0 aromatic heterocycles. The third-order valence-corrected chi connectivity index (χ3v) is 18.7. The average Bonchev–Trinajstić information content (AvgIpc) is 3.41. The van der Waals surface area contributed by atoms with Crippen molar-refractivity contribution in [2.75, 3.05) is 108 Å². The molecule has 1 unspecified atom stereocenters. The van der Waals surface area contributed by atoms with Gasteiger partial charge in [0.15, 0.2) is 0 Å². The van der Waals surface area contributed by atoms with Crippen LogP contribution in [0.1, 0.15) is 75.2 Å². The van der Waals surface area contributed by atoms with Crippen molar-refractivity contribution < 1.29 is 35.9 Å². The maximum Gasteiger partial charge on any atom is 0.501 e. The molecule has 4 aromatic carbocycles. The number of halogens is 4. The second-order valence-corrected chi connectivity index (χ2v) is 25.0. The van der Waals surface area contributed by atoms with Gasteiger partial charge in [-0.3, -0.25) is 29.0 Å². The van der Waals surface area contributed by atoms with Crippen LogP contribution in [-0.4, -0.2) is 155 Å². The van der Waals surface area contributed by atoms with E-state index < -0.39 is 26.1 Å². The fourth-order valence-electron chi connectivity index (χ4n) is 10.7. The highest BCUT2D eigenvalue weighted by molar-refractivity contribution is 7.99. The third-order valence-electron chi connectivity index (χ3n) is 14.9. The minimum Gasteiger partial charge on any atom is -0.380 e. The van der Waals surface area contributed by atoms with Gasteiger partial charge in [0.2, 0.25) is 5.91 Å². The first-order chi connectivity index (χ1) is 36.0. The minimum atomic E-state index is -5.77. The van der Waals surface area contributed by atoms with Gasteiger partial charge in [0.05, 0.1) is 18.9 Å². The predicted molar refractivity (Wildman–Crippen MR) is 297 cm³/mol. The standard InChI is InChI=1S/C56H71ClF3N7O5S3/c1-4-8-53(68)66-29-30-67(41(2)37-66)40-55(3)23-21-50(42-11-15-45(57)16-12-42)44(36-55)38-64-25-27-65(28-26-64)47-17-13-43(14-18-47)54(69)62-74-49-19-20-51(52(35-49)75(70,71)56(58,59)60)61-46(22-24-63-31-33-72-34-32-63)39-73-48-9-6-5-7-10-48/h5-7,9-20,35,41,46,61H,4,8,21-34,36-40H2,1-3H3,(H,62,69)/t41-,46-,55?/m1/s1. The number of allylic oxidation sites excluding steroid dienone is 1. The molecule has 4 aromatic rings. The fourth-order valence-corrected chi connectivity index (χ4v) is 13.4. The first-order valence-electron chi connectivity index (χ1n) is 26.2. The van der Waals surface area contributed by atoms with Gasteiger partial charge in [0, 0.05) is 129 Å². The Hall–Kier alpha value is -4.27. The lowest BCUT2D eigenvalue weighted by atomic mass is 9.71. The Labute approximate surface area is 455 Å². The minimum absolute atomic E-state index is 0.0951. The smallest absolute Gasteiger partial charge is 0.380 e. The summed E-state index contributed by atoms with van der Waals surface area (Å²) in [6, 6.07) is 28.9. The van der Waals surface area contributed by atoms with Crippen LogP contribution in [0.4, 0.5) is 24.5 Å². The topological polar surface area (TPSA) is 118 Å². The highest BCUT2D eigenvalue weighted by Crippen LogP contribution is 2.45. The van der Waals surface area contributed by atoms with Gasteiger partial charge in [0.25, 0.3) is 15.7 Å². The van der Waals surface area contributed by atoms with Gasteiger partial charge in [-0.25, -0.2) is 8.42 Å². The number of carbonyl (C=O) groups excluding carboxylic acids is 2. The van der Waals surface area contributed by atoms with E-state index in [1.807, 2.05) is 59.5 Å². The van der Waals surface area contributed by atoms with Crippen LogP contribution in [0.15, 0.2) is 117 Å². The lowest BCUT2D eigenvalue weighted by Crippen LogP contribution is -2.56. The number of hydrogen-bond acceptors (Lipinski definition) is 12. The number of benzene rings is 4. The van der Waals surface area contributed by atoms with Crippen LogP contribution in [0.3, 0.4) is 0 Å². The van der Waals surface area contributed by atoms with Crippen LogP contribution >= 0.6 is 35.3 Å². The molecule has 75 heavy (non-hydrogen) atoms. The summed E-state index contributed by atoms with van der Waals surface area (Å²) in [6.07, 6.45) is 5.11. The van der Waals surface area contributed by atoms with Crippen molar-refractivity contribution in [2.24, 2.45) is 5.41 Å². The summed E-state index contributed by atoms with van der Waals surface area (Å²) in [5.74, 6) is 0.276. The zero-order valence-corrected chi connectivity index (χ0v) is 46.5. The molecule has 0 radical (unpaired) electrons. The Morgan fingerprint density at radius 1 is 0.880 bits per heavy atom. The van der Waals surface area contributed by atoms with Crippen LogP contribution < -0.4 is 14.9 Å². The van der Waals surface area contributed by atoms with E-state index in [2.05, 4.69) is 62.5 Å². The summed E-state index contributed by atoms with van der Waals surface area (Å²) in [5, 5.41) is 3.88. The van der Waals surface area contributed by atoms with Gasteiger partial charge in [-0.1, -0.05) is 61.4 Å². The largest absolute Gasteiger partial charge is 0.501 e. The number of alkyl halides is 3. The summed E-state index contributed by atoms with van der Waals surface area (Å²) < 4.78 is 77.1. The van der Waals surface area contributed by atoms with Crippen molar-refractivity contribution in [1.82, 2.24) is 24.3 Å². The Bertz CT molecular complexity index is 2690. The number of rotatable bonds is 20. The summed E-state index contributed by atoms with van der Waals surface area (Å²) in [7, 11) is -5.77. The molecule has 2 N–H and O–H groups in total. The molecule has 8 rings (SSSR count). The zero-order valence-electron chi connectivity index (χ0n) is 43.3. The number of hydrogen-bond donors (Lipinski definition) is 2. The first kappa shape index (κ1) is 56.9. The summed E-state index contributed by atoms with van der Waals surface area (Å²) >= 11 is 8.64. The number of thioether (sulfide) groups is 1. The predicted octanol–water partition coefficient (Wildman–Crippen LogP) is 10.5. The van der Waals surface area contributed by atoms with E-state index in [1.54, 1.807) is 12.1 Å².